The summed E-state index contributed by atoms with van der Waals surface area (Å²) >= 11 is 0. The van der Waals surface area contributed by atoms with Crippen LogP contribution >= 0.6 is 0 Å². The van der Waals surface area contributed by atoms with Gasteiger partial charge in [-0.3, -0.25) is 0 Å². The highest BCUT2D eigenvalue weighted by Crippen LogP contribution is 2.29. The van der Waals surface area contributed by atoms with Crippen LogP contribution in [0.2, 0.25) is 0 Å². The molecule has 0 bridgehead atoms. The summed E-state index contributed by atoms with van der Waals surface area (Å²) in [4.78, 5) is 12.3. The van der Waals surface area contributed by atoms with Crippen LogP contribution < -0.4 is 20.1 Å². The highest BCUT2D eigenvalue weighted by atomic mass is 16.5. The Balaban J connectivity index is 1.88. The Hall–Kier alpha value is -2.69. The van der Waals surface area contributed by atoms with Crippen molar-refractivity contribution in [2.75, 3.05) is 14.2 Å². The van der Waals surface area contributed by atoms with E-state index in [9.17, 15) is 4.79 Å². The summed E-state index contributed by atoms with van der Waals surface area (Å²) in [6, 6.07) is 15.5. The lowest BCUT2D eigenvalue weighted by Gasteiger charge is -2.20. The van der Waals surface area contributed by atoms with Gasteiger partial charge in [0.15, 0.2) is 0 Å². The zero-order valence-corrected chi connectivity index (χ0v) is 15.9. The first-order valence-corrected chi connectivity index (χ1v) is 8.86. The fourth-order valence-corrected chi connectivity index (χ4v) is 2.82. The first-order chi connectivity index (χ1) is 12.5. The average Bonchev–Trinajstić information content (AvgIpc) is 2.66. The molecular formula is C21H28N2O3. The van der Waals surface area contributed by atoms with Crippen molar-refractivity contribution < 1.29 is 14.3 Å². The molecule has 0 radical (unpaired) electrons. The van der Waals surface area contributed by atoms with Crippen molar-refractivity contribution in [2.24, 2.45) is 0 Å². The Morgan fingerprint density at radius 2 is 1.73 bits per heavy atom. The number of hydrogen-bond donors (Lipinski definition) is 2. The van der Waals surface area contributed by atoms with Gasteiger partial charge in [0.25, 0.3) is 0 Å². The third-order valence-electron chi connectivity index (χ3n) is 4.34. The summed E-state index contributed by atoms with van der Waals surface area (Å²) in [5.74, 6) is 1.45. The van der Waals surface area contributed by atoms with Gasteiger partial charge in [0, 0.05) is 11.6 Å². The van der Waals surface area contributed by atoms with E-state index in [1.807, 2.05) is 50.2 Å². The lowest BCUT2D eigenvalue weighted by molar-refractivity contribution is 0.234. The van der Waals surface area contributed by atoms with Crippen LogP contribution in [0.15, 0.2) is 48.5 Å². The van der Waals surface area contributed by atoms with Crippen LogP contribution in [0.4, 0.5) is 4.79 Å². The van der Waals surface area contributed by atoms with Gasteiger partial charge in [0.05, 0.1) is 20.3 Å². The molecule has 5 nitrogen and oxygen atoms in total. The molecule has 2 aromatic carbocycles. The fourth-order valence-electron chi connectivity index (χ4n) is 2.82. The first kappa shape index (κ1) is 19.6. The van der Waals surface area contributed by atoms with Crippen molar-refractivity contribution >= 4 is 6.03 Å². The molecule has 2 amide bonds. The van der Waals surface area contributed by atoms with Gasteiger partial charge >= 0.3 is 6.03 Å². The number of amides is 2. The van der Waals surface area contributed by atoms with Crippen molar-refractivity contribution in [3.63, 3.8) is 0 Å². The number of carbonyl (C=O) groups excluding carboxylic acids is 1. The standard InChI is InChI=1S/C21H28N2O3/c1-15(10-11-17-8-6-5-7-9-17)22-21(24)23-16(2)19-14-18(25-3)12-13-20(19)26-4/h5-9,12-16H,10-11H2,1-4H3,(H2,22,23,24)/t15-,16-/m0/s1. The van der Waals surface area contributed by atoms with E-state index in [1.54, 1.807) is 14.2 Å². The summed E-state index contributed by atoms with van der Waals surface area (Å²) in [6.07, 6.45) is 1.82. The second-order valence-electron chi connectivity index (χ2n) is 6.37. The number of urea groups is 1. The molecule has 5 heteroatoms. The molecular weight excluding hydrogens is 328 g/mol. The minimum atomic E-state index is -0.207. The molecule has 0 aliphatic rings. The second kappa shape index (κ2) is 9.70. The number of nitrogens with one attached hydrogen (secondary N) is 2. The Kier molecular flexibility index (Phi) is 7.33. The molecule has 2 rings (SSSR count). The highest BCUT2D eigenvalue weighted by Gasteiger charge is 2.16. The number of aryl methyl sites for hydroxylation is 1. The SMILES string of the molecule is COc1ccc(OC)c([C@H](C)NC(=O)N[C@@H](C)CCc2ccccc2)c1. The average molecular weight is 356 g/mol. The molecule has 140 valence electrons. The zero-order chi connectivity index (χ0) is 18.9. The summed E-state index contributed by atoms with van der Waals surface area (Å²) in [6.45, 7) is 3.94. The molecule has 0 unspecified atom stereocenters. The molecule has 0 aromatic heterocycles. The van der Waals surface area contributed by atoms with E-state index in [2.05, 4.69) is 22.8 Å². The Bertz CT molecular complexity index is 704. The lowest BCUT2D eigenvalue weighted by atomic mass is 10.1. The maximum absolute atomic E-state index is 12.3. The topological polar surface area (TPSA) is 59.6 Å². The van der Waals surface area contributed by atoms with Crippen molar-refractivity contribution in [1.82, 2.24) is 10.6 Å². The highest BCUT2D eigenvalue weighted by molar-refractivity contribution is 5.74. The van der Waals surface area contributed by atoms with Crippen LogP contribution in [-0.2, 0) is 6.42 Å². The minimum absolute atomic E-state index is 0.0783. The van der Waals surface area contributed by atoms with Crippen molar-refractivity contribution in [1.29, 1.82) is 0 Å². The summed E-state index contributed by atoms with van der Waals surface area (Å²) in [5, 5.41) is 5.96. The van der Waals surface area contributed by atoms with E-state index in [0.717, 1.165) is 29.9 Å². The largest absolute Gasteiger partial charge is 0.497 e. The van der Waals surface area contributed by atoms with Crippen LogP contribution in [0.3, 0.4) is 0 Å². The predicted molar refractivity (Wildman–Crippen MR) is 104 cm³/mol. The second-order valence-corrected chi connectivity index (χ2v) is 6.37. The predicted octanol–water partition coefficient (Wildman–Crippen LogP) is 4.09. The zero-order valence-electron chi connectivity index (χ0n) is 15.9. The first-order valence-electron chi connectivity index (χ1n) is 8.86. The van der Waals surface area contributed by atoms with E-state index in [4.69, 9.17) is 9.47 Å². The molecule has 0 aliphatic carbocycles. The van der Waals surface area contributed by atoms with E-state index >= 15 is 0 Å². The minimum Gasteiger partial charge on any atom is -0.497 e. The summed E-state index contributed by atoms with van der Waals surface area (Å²) < 4.78 is 10.7. The van der Waals surface area contributed by atoms with Gasteiger partial charge in [0.1, 0.15) is 11.5 Å². The van der Waals surface area contributed by atoms with E-state index < -0.39 is 0 Å². The molecule has 2 N–H and O–H groups in total. The molecule has 0 heterocycles. The number of benzene rings is 2. The van der Waals surface area contributed by atoms with Gasteiger partial charge in [-0.25, -0.2) is 4.79 Å². The summed E-state index contributed by atoms with van der Waals surface area (Å²) in [7, 11) is 3.23. The normalized spacial score (nSPS) is 12.8. The Labute approximate surface area is 155 Å². The molecule has 0 fully saturated rings. The maximum Gasteiger partial charge on any atom is 0.315 e. The van der Waals surface area contributed by atoms with Crippen LogP contribution in [-0.4, -0.2) is 26.3 Å². The van der Waals surface area contributed by atoms with E-state index in [0.29, 0.717) is 0 Å². The maximum atomic E-state index is 12.3. The number of hydrogen-bond acceptors (Lipinski definition) is 3. The van der Waals surface area contributed by atoms with E-state index in [1.165, 1.54) is 5.56 Å². The lowest BCUT2D eigenvalue weighted by Crippen LogP contribution is -2.42. The quantitative estimate of drug-likeness (QED) is 0.749. The van der Waals surface area contributed by atoms with Crippen molar-refractivity contribution in [3.8, 4) is 11.5 Å². The molecule has 26 heavy (non-hydrogen) atoms. The van der Waals surface area contributed by atoms with Gasteiger partial charge in [0.2, 0.25) is 0 Å². The van der Waals surface area contributed by atoms with Gasteiger partial charge in [-0.05, 0) is 50.5 Å². The Morgan fingerprint density at radius 1 is 1.00 bits per heavy atom. The van der Waals surface area contributed by atoms with Crippen LogP contribution in [0.1, 0.15) is 37.4 Å². The van der Waals surface area contributed by atoms with Gasteiger partial charge in [-0.15, -0.1) is 0 Å². The number of ether oxygens (including phenoxy) is 2. The number of carbonyl (C=O) groups is 1. The van der Waals surface area contributed by atoms with Crippen LogP contribution in [0, 0.1) is 0 Å². The van der Waals surface area contributed by atoms with Crippen LogP contribution in [0.5, 0.6) is 11.5 Å². The third-order valence-corrected chi connectivity index (χ3v) is 4.34. The number of rotatable bonds is 8. The summed E-state index contributed by atoms with van der Waals surface area (Å²) in [5.41, 5.74) is 2.15. The van der Waals surface area contributed by atoms with Gasteiger partial charge in [-0.2, -0.15) is 0 Å². The van der Waals surface area contributed by atoms with E-state index in [-0.39, 0.29) is 18.1 Å². The molecule has 2 atom stereocenters. The van der Waals surface area contributed by atoms with Gasteiger partial charge < -0.3 is 20.1 Å². The monoisotopic (exact) mass is 356 g/mol. The number of methoxy groups -OCH3 is 2. The van der Waals surface area contributed by atoms with Crippen LogP contribution in [0.25, 0.3) is 0 Å². The molecule has 2 aromatic rings. The molecule has 0 saturated carbocycles. The Morgan fingerprint density at radius 3 is 2.38 bits per heavy atom. The van der Waals surface area contributed by atoms with Gasteiger partial charge in [-0.1, -0.05) is 30.3 Å². The third kappa shape index (κ3) is 5.69. The molecule has 0 spiro atoms. The molecule has 0 saturated heterocycles. The fraction of sp³-hybridized carbons (Fsp3) is 0.381. The smallest absolute Gasteiger partial charge is 0.315 e. The van der Waals surface area contributed by atoms with Crippen molar-refractivity contribution in [2.45, 2.75) is 38.8 Å². The molecule has 0 aliphatic heterocycles. The van der Waals surface area contributed by atoms with Crippen molar-refractivity contribution in [3.05, 3.63) is 59.7 Å².